The summed E-state index contributed by atoms with van der Waals surface area (Å²) in [5, 5.41) is 0.118. The van der Waals surface area contributed by atoms with E-state index in [1.54, 1.807) is 13.8 Å². The summed E-state index contributed by atoms with van der Waals surface area (Å²) in [6, 6.07) is 0. The van der Waals surface area contributed by atoms with E-state index in [2.05, 4.69) is 4.98 Å². The van der Waals surface area contributed by atoms with Crippen LogP contribution in [0.2, 0.25) is 15.2 Å². The summed E-state index contributed by atoms with van der Waals surface area (Å²) in [5.41, 5.74) is 5.61. The molecule has 0 aliphatic rings. The Morgan fingerprint density at radius 2 is 1.88 bits per heavy atom. The molecule has 0 spiro atoms. The summed E-state index contributed by atoms with van der Waals surface area (Å²) in [6.45, 7) is 3.43. The minimum atomic E-state index is -0.634. The van der Waals surface area contributed by atoms with Crippen molar-refractivity contribution in [2.75, 3.05) is 5.73 Å². The van der Waals surface area contributed by atoms with E-state index in [1.807, 2.05) is 0 Å². The highest BCUT2D eigenvalue weighted by molar-refractivity contribution is 6.45. The minimum Gasteiger partial charge on any atom is -0.455 e. The van der Waals surface area contributed by atoms with Gasteiger partial charge in [-0.3, -0.25) is 0 Å². The van der Waals surface area contributed by atoms with Crippen LogP contribution in [0.5, 0.6) is 0 Å². The van der Waals surface area contributed by atoms with Crippen molar-refractivity contribution < 1.29 is 14.5 Å². The number of hydrogen-bond donors (Lipinski definition) is 1. The molecular weight excluding hydrogens is 274 g/mol. The Morgan fingerprint density at radius 3 is 2.38 bits per heavy atom. The third-order valence-electron chi connectivity index (χ3n) is 1.67. The Morgan fingerprint density at radius 1 is 1.31 bits per heavy atom. The summed E-state index contributed by atoms with van der Waals surface area (Å²) in [5.74, 6) is -0.634. The number of esters is 1. The van der Waals surface area contributed by atoms with Crippen LogP contribution in [0, 0.1) is 0 Å². The number of nitrogens with two attached hydrogens (primary N) is 1. The van der Waals surface area contributed by atoms with Gasteiger partial charge in [0.1, 0.15) is 10.0 Å². The number of pyridine rings is 1. The topological polar surface area (TPSA) is 66.5 Å². The van der Waals surface area contributed by atoms with Gasteiger partial charge in [-0.15, -0.1) is 0 Å². The van der Waals surface area contributed by atoms with Gasteiger partial charge in [0.2, 0.25) is 0 Å². The molecule has 4 nitrogen and oxygen atoms in total. The first kappa shape index (κ1) is 13.4. The van der Waals surface area contributed by atoms with Crippen LogP contribution in [-0.4, -0.2) is 12.1 Å². The number of rotatable bonds is 2. The van der Waals surface area contributed by atoms with Crippen molar-refractivity contribution in [2.45, 2.75) is 20.0 Å². The molecule has 0 aliphatic heterocycles. The third kappa shape index (κ3) is 2.70. The molecule has 0 bridgehead atoms. The summed E-state index contributed by atoms with van der Waals surface area (Å²) < 4.78 is 4.96. The van der Waals surface area contributed by atoms with Crippen LogP contribution >= 0.6 is 34.8 Å². The Balaban J connectivity index is 3.20. The summed E-state index contributed by atoms with van der Waals surface area (Å²) in [7, 11) is 0. The molecule has 0 fully saturated rings. The predicted molar refractivity (Wildman–Crippen MR) is 63.0 cm³/mol. The molecule has 0 atom stereocenters. The summed E-state index contributed by atoms with van der Waals surface area (Å²) in [6.07, 6.45) is -0.271. The number of ether oxygens (including phenoxy) is 1. The van der Waals surface area contributed by atoms with Crippen LogP contribution in [-0.2, 0) is 4.74 Å². The number of halogens is 3. The molecule has 1 aromatic heterocycles. The van der Waals surface area contributed by atoms with Crippen molar-refractivity contribution in [1.82, 2.24) is 0 Å². The Bertz CT molecular complexity index is 435. The molecular formula is C9H10Cl3N2O2+. The van der Waals surface area contributed by atoms with Crippen molar-refractivity contribution in [2.24, 2.45) is 0 Å². The maximum atomic E-state index is 11.6. The van der Waals surface area contributed by atoms with Crippen LogP contribution < -0.4 is 10.7 Å². The average Bonchev–Trinajstić information content (AvgIpc) is 2.19. The SMILES string of the molecule is CC(C)OC(=O)c1[nH+]c(Cl)c(Cl)c(N)c1Cl. The molecule has 88 valence electrons. The smallest absolute Gasteiger partial charge is 0.405 e. The van der Waals surface area contributed by atoms with Crippen LogP contribution in [0.3, 0.4) is 0 Å². The van der Waals surface area contributed by atoms with Gasteiger partial charge < -0.3 is 10.5 Å². The third-order valence-corrected chi connectivity index (χ3v) is 2.83. The number of nitrogen functional groups attached to an aromatic ring is 1. The van der Waals surface area contributed by atoms with E-state index in [4.69, 9.17) is 45.3 Å². The zero-order chi connectivity index (χ0) is 12.5. The Labute approximate surface area is 108 Å². The fourth-order valence-corrected chi connectivity index (χ4v) is 1.59. The number of hydrogen-bond acceptors (Lipinski definition) is 3. The Kier molecular flexibility index (Phi) is 4.24. The van der Waals surface area contributed by atoms with Gasteiger partial charge in [0.05, 0.1) is 11.8 Å². The van der Waals surface area contributed by atoms with Gasteiger partial charge in [0.25, 0.3) is 5.15 Å². The second-order valence-electron chi connectivity index (χ2n) is 3.31. The van der Waals surface area contributed by atoms with Gasteiger partial charge in [0, 0.05) is 0 Å². The quantitative estimate of drug-likeness (QED) is 0.670. The molecule has 0 radical (unpaired) electrons. The molecule has 0 amide bonds. The first-order chi connectivity index (χ1) is 7.34. The summed E-state index contributed by atoms with van der Waals surface area (Å²) >= 11 is 17.3. The number of carbonyl (C=O) groups excluding carboxylic acids is 1. The van der Waals surface area contributed by atoms with E-state index < -0.39 is 5.97 Å². The standard InChI is InChI=1S/C9H9Cl3N2O2/c1-3(2)16-9(15)7-4(10)6(13)5(11)8(12)14-7/h3H,1-2H3,(H2,13,14)/p+1. The lowest BCUT2D eigenvalue weighted by molar-refractivity contribution is -0.380. The zero-order valence-electron chi connectivity index (χ0n) is 8.61. The number of H-pyrrole nitrogens is 1. The monoisotopic (exact) mass is 283 g/mol. The van der Waals surface area contributed by atoms with Gasteiger partial charge in [-0.05, 0) is 25.4 Å². The number of nitrogens with one attached hydrogen (secondary N) is 1. The van der Waals surface area contributed by atoms with E-state index in [-0.39, 0.29) is 32.7 Å². The fourth-order valence-electron chi connectivity index (χ4n) is 0.982. The normalized spacial score (nSPS) is 10.6. The van der Waals surface area contributed by atoms with Crippen molar-refractivity contribution in [1.29, 1.82) is 0 Å². The molecule has 0 saturated carbocycles. The second kappa shape index (κ2) is 5.08. The van der Waals surface area contributed by atoms with E-state index in [9.17, 15) is 4.79 Å². The minimum absolute atomic E-state index is 0.0000463. The molecule has 16 heavy (non-hydrogen) atoms. The van der Waals surface area contributed by atoms with Gasteiger partial charge in [-0.2, -0.15) is 4.98 Å². The number of carbonyl (C=O) groups is 1. The first-order valence-corrected chi connectivity index (χ1v) is 5.54. The predicted octanol–water partition coefficient (Wildman–Crippen LogP) is 2.61. The highest BCUT2D eigenvalue weighted by Crippen LogP contribution is 2.32. The van der Waals surface area contributed by atoms with Crippen LogP contribution in [0.4, 0.5) is 5.69 Å². The van der Waals surface area contributed by atoms with Crippen molar-refractivity contribution in [3.05, 3.63) is 20.9 Å². The van der Waals surface area contributed by atoms with E-state index in [0.717, 1.165) is 0 Å². The maximum absolute atomic E-state index is 11.6. The highest BCUT2D eigenvalue weighted by Gasteiger charge is 2.27. The molecule has 0 aromatic carbocycles. The number of aromatic nitrogens is 1. The summed E-state index contributed by atoms with van der Waals surface area (Å²) in [4.78, 5) is 14.1. The molecule has 1 rings (SSSR count). The lowest BCUT2D eigenvalue weighted by atomic mass is 10.3. The van der Waals surface area contributed by atoms with Gasteiger partial charge in [0.15, 0.2) is 0 Å². The maximum Gasteiger partial charge on any atom is 0.405 e. The molecule has 0 aliphatic carbocycles. The van der Waals surface area contributed by atoms with E-state index in [0.29, 0.717) is 0 Å². The number of aromatic amines is 1. The lowest BCUT2D eigenvalue weighted by Gasteiger charge is -2.07. The van der Waals surface area contributed by atoms with Gasteiger partial charge >= 0.3 is 11.7 Å². The van der Waals surface area contributed by atoms with Crippen molar-refractivity contribution >= 4 is 46.5 Å². The molecule has 1 aromatic rings. The fraction of sp³-hybridized carbons (Fsp3) is 0.333. The van der Waals surface area contributed by atoms with Crippen LogP contribution in [0.1, 0.15) is 24.3 Å². The lowest BCUT2D eigenvalue weighted by Crippen LogP contribution is -2.24. The Hall–Kier alpha value is -0.710. The average molecular weight is 285 g/mol. The molecule has 1 heterocycles. The molecule has 0 unspecified atom stereocenters. The van der Waals surface area contributed by atoms with Crippen LogP contribution in [0.15, 0.2) is 0 Å². The molecule has 3 N–H and O–H groups in total. The zero-order valence-corrected chi connectivity index (χ0v) is 10.9. The second-order valence-corrected chi connectivity index (χ2v) is 4.44. The van der Waals surface area contributed by atoms with E-state index in [1.165, 1.54) is 0 Å². The van der Waals surface area contributed by atoms with Gasteiger partial charge in [-0.1, -0.05) is 23.2 Å². The largest absolute Gasteiger partial charge is 0.455 e. The molecule has 0 saturated heterocycles. The van der Waals surface area contributed by atoms with Crippen molar-refractivity contribution in [3.63, 3.8) is 0 Å². The molecule has 7 heteroatoms. The first-order valence-electron chi connectivity index (χ1n) is 4.40. The van der Waals surface area contributed by atoms with Crippen LogP contribution in [0.25, 0.3) is 0 Å². The highest BCUT2D eigenvalue weighted by atomic mass is 35.5. The number of anilines is 1. The van der Waals surface area contributed by atoms with Gasteiger partial charge in [-0.25, -0.2) is 4.79 Å². The van der Waals surface area contributed by atoms with Crippen molar-refractivity contribution in [3.8, 4) is 0 Å². The van der Waals surface area contributed by atoms with E-state index >= 15 is 0 Å².